The molecule has 1 aromatic heterocycles. The van der Waals surface area contributed by atoms with Gasteiger partial charge in [-0.3, -0.25) is 4.98 Å². The van der Waals surface area contributed by atoms with Gasteiger partial charge in [0.15, 0.2) is 0 Å². The maximum absolute atomic E-state index is 10.5. The van der Waals surface area contributed by atoms with Crippen molar-refractivity contribution in [1.29, 1.82) is 0 Å². The second-order valence-corrected chi connectivity index (χ2v) is 4.28. The number of rotatable bonds is 2. The third-order valence-electron chi connectivity index (χ3n) is 3.16. The lowest BCUT2D eigenvalue weighted by molar-refractivity contribution is -0.0114. The summed E-state index contributed by atoms with van der Waals surface area (Å²) in [4.78, 5) is 8.25. The molecule has 0 atom stereocenters. The summed E-state index contributed by atoms with van der Waals surface area (Å²) < 4.78 is 5.13. The highest BCUT2D eigenvalue weighted by molar-refractivity contribution is 5.25. The molecule has 1 aliphatic carbocycles. The first-order valence-corrected chi connectivity index (χ1v) is 5.49. The van der Waals surface area contributed by atoms with E-state index in [4.69, 9.17) is 10.5 Å². The van der Waals surface area contributed by atoms with E-state index in [2.05, 4.69) is 9.97 Å². The normalized spacial score (nSPS) is 30.1. The average Bonchev–Trinajstić information content (AvgIpc) is 2.33. The molecule has 0 saturated heterocycles. The highest BCUT2D eigenvalue weighted by Crippen LogP contribution is 2.38. The summed E-state index contributed by atoms with van der Waals surface area (Å²) in [6.45, 7) is 0. The molecule has 88 valence electrons. The Kier molecular flexibility index (Phi) is 3.07. The van der Waals surface area contributed by atoms with E-state index in [0.717, 1.165) is 12.8 Å². The Bertz CT molecular complexity index is 362. The second-order valence-electron chi connectivity index (χ2n) is 4.28. The maximum atomic E-state index is 10.5. The van der Waals surface area contributed by atoms with Crippen LogP contribution in [0.25, 0.3) is 0 Å². The first-order chi connectivity index (χ1) is 7.65. The molecular weight excluding hydrogens is 206 g/mol. The van der Waals surface area contributed by atoms with Gasteiger partial charge in [-0.25, -0.2) is 4.98 Å². The van der Waals surface area contributed by atoms with Gasteiger partial charge in [-0.2, -0.15) is 0 Å². The number of ether oxygens (including phenoxy) is 1. The van der Waals surface area contributed by atoms with E-state index in [9.17, 15) is 5.11 Å². The summed E-state index contributed by atoms with van der Waals surface area (Å²) in [6.07, 6.45) is 5.96. The van der Waals surface area contributed by atoms with E-state index in [1.165, 1.54) is 7.11 Å². The summed E-state index contributed by atoms with van der Waals surface area (Å²) in [5, 5.41) is 10.5. The monoisotopic (exact) mass is 223 g/mol. The predicted octanol–water partition coefficient (Wildman–Crippen LogP) is 0.574. The molecule has 5 heteroatoms. The molecule has 1 fully saturated rings. The molecule has 1 saturated carbocycles. The number of hydrogen-bond donors (Lipinski definition) is 2. The molecule has 0 bridgehead atoms. The Morgan fingerprint density at radius 2 is 2.00 bits per heavy atom. The smallest absolute Gasteiger partial charge is 0.238 e. The Balaban J connectivity index is 2.28. The van der Waals surface area contributed by atoms with Crippen molar-refractivity contribution in [3.8, 4) is 5.88 Å². The van der Waals surface area contributed by atoms with Crippen molar-refractivity contribution in [3.05, 3.63) is 18.1 Å². The van der Waals surface area contributed by atoms with Crippen molar-refractivity contribution in [1.82, 2.24) is 9.97 Å². The van der Waals surface area contributed by atoms with Crippen LogP contribution in [0.4, 0.5) is 0 Å². The van der Waals surface area contributed by atoms with Crippen LogP contribution >= 0.6 is 0 Å². The zero-order chi connectivity index (χ0) is 11.6. The highest BCUT2D eigenvalue weighted by Gasteiger charge is 2.37. The fourth-order valence-corrected chi connectivity index (χ4v) is 2.15. The molecule has 1 aliphatic rings. The topological polar surface area (TPSA) is 81.3 Å². The lowest BCUT2D eigenvalue weighted by atomic mass is 9.80. The van der Waals surface area contributed by atoms with Crippen LogP contribution in [-0.2, 0) is 5.60 Å². The van der Waals surface area contributed by atoms with Crippen molar-refractivity contribution in [2.24, 2.45) is 5.73 Å². The van der Waals surface area contributed by atoms with E-state index >= 15 is 0 Å². The fraction of sp³-hybridized carbons (Fsp3) is 0.636. The number of aliphatic hydroxyl groups is 1. The first-order valence-electron chi connectivity index (χ1n) is 5.49. The zero-order valence-corrected chi connectivity index (χ0v) is 9.39. The zero-order valence-electron chi connectivity index (χ0n) is 9.39. The minimum Gasteiger partial charge on any atom is -0.480 e. The fourth-order valence-electron chi connectivity index (χ4n) is 2.15. The minimum atomic E-state index is -0.935. The third kappa shape index (κ3) is 2.01. The van der Waals surface area contributed by atoms with Gasteiger partial charge in [-0.1, -0.05) is 0 Å². The second kappa shape index (κ2) is 4.35. The molecule has 1 heterocycles. The molecule has 2 rings (SSSR count). The van der Waals surface area contributed by atoms with Crippen LogP contribution in [0.5, 0.6) is 5.88 Å². The van der Waals surface area contributed by atoms with Gasteiger partial charge in [0.1, 0.15) is 11.3 Å². The van der Waals surface area contributed by atoms with Crippen molar-refractivity contribution in [2.75, 3.05) is 7.11 Å². The van der Waals surface area contributed by atoms with Crippen LogP contribution in [0.2, 0.25) is 0 Å². The average molecular weight is 223 g/mol. The van der Waals surface area contributed by atoms with Gasteiger partial charge in [0.05, 0.1) is 7.11 Å². The molecule has 5 nitrogen and oxygen atoms in total. The van der Waals surface area contributed by atoms with Gasteiger partial charge < -0.3 is 15.6 Å². The highest BCUT2D eigenvalue weighted by atomic mass is 16.5. The van der Waals surface area contributed by atoms with Gasteiger partial charge in [-0.05, 0) is 25.7 Å². The van der Waals surface area contributed by atoms with Crippen molar-refractivity contribution in [2.45, 2.75) is 37.3 Å². The largest absolute Gasteiger partial charge is 0.480 e. The Hall–Kier alpha value is -1.20. The molecule has 0 aliphatic heterocycles. The van der Waals surface area contributed by atoms with Crippen LogP contribution in [0, 0.1) is 0 Å². The van der Waals surface area contributed by atoms with Gasteiger partial charge in [0, 0.05) is 18.4 Å². The van der Waals surface area contributed by atoms with E-state index < -0.39 is 5.60 Å². The lowest BCUT2D eigenvalue weighted by Gasteiger charge is -2.34. The number of nitrogens with two attached hydrogens (primary N) is 1. The van der Waals surface area contributed by atoms with Crippen LogP contribution in [0.3, 0.4) is 0 Å². The van der Waals surface area contributed by atoms with Gasteiger partial charge in [0.25, 0.3) is 0 Å². The predicted molar refractivity (Wildman–Crippen MR) is 58.9 cm³/mol. The van der Waals surface area contributed by atoms with Gasteiger partial charge in [-0.15, -0.1) is 0 Å². The quantitative estimate of drug-likeness (QED) is 0.766. The van der Waals surface area contributed by atoms with Crippen molar-refractivity contribution < 1.29 is 9.84 Å². The van der Waals surface area contributed by atoms with Crippen molar-refractivity contribution in [3.63, 3.8) is 0 Å². The van der Waals surface area contributed by atoms with E-state index in [-0.39, 0.29) is 6.04 Å². The van der Waals surface area contributed by atoms with E-state index in [1.807, 2.05) is 0 Å². The first kappa shape index (κ1) is 11.3. The summed E-state index contributed by atoms with van der Waals surface area (Å²) in [5.74, 6) is 0.403. The molecule has 0 aromatic carbocycles. The molecule has 0 radical (unpaired) electrons. The van der Waals surface area contributed by atoms with Crippen LogP contribution in [0.1, 0.15) is 31.4 Å². The maximum Gasteiger partial charge on any atom is 0.238 e. The summed E-state index contributed by atoms with van der Waals surface area (Å²) >= 11 is 0. The Morgan fingerprint density at radius 1 is 1.38 bits per heavy atom. The Morgan fingerprint density at radius 3 is 2.62 bits per heavy atom. The molecule has 0 amide bonds. The molecule has 0 spiro atoms. The van der Waals surface area contributed by atoms with Crippen LogP contribution < -0.4 is 10.5 Å². The molecule has 3 N–H and O–H groups in total. The number of methoxy groups -OCH3 is 1. The van der Waals surface area contributed by atoms with Gasteiger partial charge >= 0.3 is 0 Å². The minimum absolute atomic E-state index is 0.183. The summed E-state index contributed by atoms with van der Waals surface area (Å²) in [7, 11) is 1.53. The van der Waals surface area contributed by atoms with Crippen LogP contribution in [0.15, 0.2) is 12.4 Å². The van der Waals surface area contributed by atoms with Crippen molar-refractivity contribution >= 4 is 0 Å². The lowest BCUT2D eigenvalue weighted by Crippen LogP contribution is -2.37. The van der Waals surface area contributed by atoms with Crippen LogP contribution in [-0.4, -0.2) is 28.2 Å². The number of nitrogens with zero attached hydrogens (tertiary/aromatic N) is 2. The third-order valence-corrected chi connectivity index (χ3v) is 3.16. The molecule has 16 heavy (non-hydrogen) atoms. The molecular formula is C11H17N3O2. The molecule has 1 aromatic rings. The SMILES string of the molecule is COc1nccnc1C1(O)CCC(N)CC1. The molecule has 0 unspecified atom stereocenters. The Labute approximate surface area is 94.7 Å². The van der Waals surface area contributed by atoms with E-state index in [1.54, 1.807) is 12.4 Å². The summed E-state index contributed by atoms with van der Waals surface area (Å²) in [5.41, 5.74) is 5.42. The summed E-state index contributed by atoms with van der Waals surface area (Å²) in [6, 6.07) is 0.183. The number of hydrogen-bond acceptors (Lipinski definition) is 5. The standard InChI is InChI=1S/C11H17N3O2/c1-16-10-9(13-6-7-14-10)11(15)4-2-8(12)3-5-11/h6-8,15H,2-5,12H2,1H3. The van der Waals surface area contributed by atoms with E-state index in [0.29, 0.717) is 24.4 Å². The number of aromatic nitrogens is 2. The van der Waals surface area contributed by atoms with Gasteiger partial charge in [0.2, 0.25) is 5.88 Å².